The van der Waals surface area contributed by atoms with Crippen LogP contribution in [0.15, 0.2) is 40.8 Å². The van der Waals surface area contributed by atoms with Crippen LogP contribution in [-0.2, 0) is 0 Å². The number of para-hydroxylation sites is 1. The van der Waals surface area contributed by atoms with Crippen molar-refractivity contribution in [2.24, 2.45) is 0 Å². The normalized spacial score (nSPS) is 11.2. The lowest BCUT2D eigenvalue weighted by Gasteiger charge is -2.13. The molecule has 84 valence electrons. The molecule has 0 N–H and O–H groups in total. The molecule has 1 heterocycles. The second kappa shape index (κ2) is 3.55. The molecule has 0 fully saturated rings. The van der Waals surface area contributed by atoms with E-state index in [1.807, 2.05) is 26.2 Å². The molecular weight excluding hydrogens is 209 g/mol. The van der Waals surface area contributed by atoms with E-state index in [0.29, 0.717) is 0 Å². The summed E-state index contributed by atoms with van der Waals surface area (Å²) in [6.07, 6.45) is 0. The number of hydrogen-bond acceptors (Lipinski definition) is 2. The maximum absolute atomic E-state index is 5.96. The van der Waals surface area contributed by atoms with Crippen LogP contribution in [0.25, 0.3) is 21.9 Å². The van der Waals surface area contributed by atoms with E-state index >= 15 is 0 Å². The van der Waals surface area contributed by atoms with Crippen molar-refractivity contribution in [1.82, 2.24) is 0 Å². The second-order valence-electron chi connectivity index (χ2n) is 4.65. The van der Waals surface area contributed by atoms with Crippen molar-refractivity contribution in [3.8, 4) is 0 Å². The maximum Gasteiger partial charge on any atom is 0.158 e. The van der Waals surface area contributed by atoms with Crippen LogP contribution in [0, 0.1) is 0 Å². The van der Waals surface area contributed by atoms with Crippen molar-refractivity contribution < 1.29 is 4.42 Å². The van der Waals surface area contributed by atoms with Gasteiger partial charge in [-0.2, -0.15) is 0 Å². The van der Waals surface area contributed by atoms with E-state index < -0.39 is 0 Å². The predicted molar refractivity (Wildman–Crippen MR) is 76.2 cm³/mol. The van der Waals surface area contributed by atoms with Gasteiger partial charge in [-0.1, -0.05) is 29.7 Å². The van der Waals surface area contributed by atoms with Gasteiger partial charge >= 0.3 is 0 Å². The van der Waals surface area contributed by atoms with E-state index in [2.05, 4.69) is 37.0 Å². The van der Waals surface area contributed by atoms with Crippen LogP contribution < -0.4 is 10.4 Å². The van der Waals surface area contributed by atoms with Gasteiger partial charge in [-0.15, -0.1) is 0 Å². The quantitative estimate of drug-likeness (QED) is 0.586. The zero-order chi connectivity index (χ0) is 12.0. The summed E-state index contributed by atoms with van der Waals surface area (Å²) in [4.78, 5) is 2.09. The Morgan fingerprint density at radius 3 is 2.59 bits per heavy atom. The van der Waals surface area contributed by atoms with E-state index in [1.54, 1.807) is 0 Å². The highest BCUT2D eigenvalue weighted by Gasteiger charge is 2.12. The molecule has 2 nitrogen and oxygen atoms in total. The smallest absolute Gasteiger partial charge is 0.158 e. The summed E-state index contributed by atoms with van der Waals surface area (Å²) >= 11 is 0. The van der Waals surface area contributed by atoms with Crippen molar-refractivity contribution >= 4 is 40.9 Å². The topological polar surface area (TPSA) is 16.4 Å². The Morgan fingerprint density at radius 2 is 1.82 bits per heavy atom. The minimum atomic E-state index is 0.955. The first-order valence-electron chi connectivity index (χ1n) is 5.76. The van der Waals surface area contributed by atoms with E-state index in [4.69, 9.17) is 4.42 Å². The Bertz CT molecular complexity index is 700. The average Bonchev–Trinajstić information content (AvgIpc) is 2.66. The largest absolute Gasteiger partial charge is 0.454 e. The van der Waals surface area contributed by atoms with Crippen molar-refractivity contribution in [2.45, 2.75) is 0 Å². The second-order valence-corrected chi connectivity index (χ2v) is 4.65. The summed E-state index contributed by atoms with van der Waals surface area (Å²) in [5.41, 5.74) is 4.32. The molecule has 0 saturated carbocycles. The molecule has 3 rings (SSSR count). The lowest BCUT2D eigenvalue weighted by atomic mass is 9.93. The van der Waals surface area contributed by atoms with E-state index in [-0.39, 0.29) is 0 Å². The molecule has 0 unspecified atom stereocenters. The Kier molecular flexibility index (Phi) is 2.15. The van der Waals surface area contributed by atoms with Gasteiger partial charge in [-0.25, -0.2) is 0 Å². The number of furan rings is 1. The van der Waals surface area contributed by atoms with Gasteiger partial charge in [0.1, 0.15) is 13.4 Å². The Balaban J connectivity index is 2.51. The SMILES string of the molecule is Bc1cc(N(C)C)c2oc3ccccc3c2c1. The van der Waals surface area contributed by atoms with Gasteiger partial charge in [0.15, 0.2) is 5.58 Å². The molecule has 0 aliphatic heterocycles. The van der Waals surface area contributed by atoms with E-state index in [1.165, 1.54) is 16.2 Å². The molecule has 0 spiro atoms. The number of hydrogen-bond donors (Lipinski definition) is 0. The summed E-state index contributed by atoms with van der Waals surface area (Å²) < 4.78 is 5.96. The molecule has 0 saturated heterocycles. The van der Waals surface area contributed by atoms with Crippen LogP contribution >= 0.6 is 0 Å². The molecular formula is C14H14BNO. The summed E-state index contributed by atoms with van der Waals surface area (Å²) in [7, 11) is 6.21. The molecule has 0 atom stereocenters. The van der Waals surface area contributed by atoms with Crippen LogP contribution in [0.5, 0.6) is 0 Å². The van der Waals surface area contributed by atoms with E-state index in [0.717, 1.165) is 16.9 Å². The van der Waals surface area contributed by atoms with Gasteiger partial charge in [0.2, 0.25) is 0 Å². The van der Waals surface area contributed by atoms with Crippen molar-refractivity contribution in [3.05, 3.63) is 36.4 Å². The molecule has 0 aliphatic rings. The Hall–Kier alpha value is -1.90. The zero-order valence-corrected chi connectivity index (χ0v) is 10.3. The van der Waals surface area contributed by atoms with Crippen LogP contribution in [-0.4, -0.2) is 21.9 Å². The zero-order valence-electron chi connectivity index (χ0n) is 10.3. The first-order chi connectivity index (χ1) is 8.16. The van der Waals surface area contributed by atoms with Gasteiger partial charge in [0.25, 0.3) is 0 Å². The Morgan fingerprint density at radius 1 is 1.06 bits per heavy atom. The van der Waals surface area contributed by atoms with Gasteiger partial charge in [-0.05, 0) is 12.1 Å². The van der Waals surface area contributed by atoms with Gasteiger partial charge in [0, 0.05) is 24.9 Å². The maximum atomic E-state index is 5.96. The summed E-state index contributed by atoms with van der Waals surface area (Å²) in [6, 6.07) is 12.5. The molecule has 0 bridgehead atoms. The number of benzene rings is 2. The minimum absolute atomic E-state index is 0.955. The monoisotopic (exact) mass is 223 g/mol. The summed E-state index contributed by atoms with van der Waals surface area (Å²) in [5.74, 6) is 0. The fourth-order valence-electron chi connectivity index (χ4n) is 2.28. The van der Waals surface area contributed by atoms with Crippen LogP contribution in [0.1, 0.15) is 0 Å². The minimum Gasteiger partial charge on any atom is -0.454 e. The highest BCUT2D eigenvalue weighted by atomic mass is 16.3. The predicted octanol–water partition coefficient (Wildman–Crippen LogP) is 1.91. The molecule has 0 aliphatic carbocycles. The molecule has 0 radical (unpaired) electrons. The molecule has 17 heavy (non-hydrogen) atoms. The van der Waals surface area contributed by atoms with Gasteiger partial charge in [0.05, 0.1) is 5.69 Å². The third-order valence-electron chi connectivity index (χ3n) is 3.08. The van der Waals surface area contributed by atoms with Crippen molar-refractivity contribution in [1.29, 1.82) is 0 Å². The third-order valence-corrected chi connectivity index (χ3v) is 3.08. The van der Waals surface area contributed by atoms with Gasteiger partial charge in [-0.3, -0.25) is 0 Å². The molecule has 2 aromatic carbocycles. The molecule has 3 heteroatoms. The van der Waals surface area contributed by atoms with Crippen molar-refractivity contribution in [3.63, 3.8) is 0 Å². The summed E-state index contributed by atoms with van der Waals surface area (Å²) in [5, 5.41) is 2.39. The number of rotatable bonds is 1. The highest BCUT2D eigenvalue weighted by molar-refractivity contribution is 6.34. The van der Waals surface area contributed by atoms with E-state index in [9.17, 15) is 0 Å². The third kappa shape index (κ3) is 1.50. The lowest BCUT2D eigenvalue weighted by Crippen LogP contribution is -2.12. The van der Waals surface area contributed by atoms with Crippen LogP contribution in [0.3, 0.4) is 0 Å². The first-order valence-corrected chi connectivity index (χ1v) is 5.76. The number of anilines is 1. The average molecular weight is 223 g/mol. The first kappa shape index (κ1) is 10.3. The molecule has 3 aromatic rings. The lowest BCUT2D eigenvalue weighted by molar-refractivity contribution is 0.668. The fraction of sp³-hybridized carbons (Fsp3) is 0.143. The standard InChI is InChI=1S/C14H14BNO/c1-16(2)12-8-9(15)7-11-10-5-3-4-6-13(10)17-14(11)12/h3-8H,15H2,1-2H3. The fourth-order valence-corrected chi connectivity index (χ4v) is 2.28. The van der Waals surface area contributed by atoms with Crippen molar-refractivity contribution in [2.75, 3.05) is 19.0 Å². The highest BCUT2D eigenvalue weighted by Crippen LogP contribution is 2.33. The number of fused-ring (bicyclic) bond motifs is 3. The van der Waals surface area contributed by atoms with Gasteiger partial charge < -0.3 is 9.32 Å². The van der Waals surface area contributed by atoms with Crippen LogP contribution in [0.4, 0.5) is 5.69 Å². The molecule has 0 amide bonds. The Labute approximate surface area is 101 Å². The summed E-state index contributed by atoms with van der Waals surface area (Å²) in [6.45, 7) is 0. The molecule has 1 aromatic heterocycles. The van der Waals surface area contributed by atoms with Crippen LogP contribution in [0.2, 0.25) is 0 Å². The number of nitrogens with zero attached hydrogens (tertiary/aromatic N) is 1.